The Morgan fingerprint density at radius 3 is 2.30 bits per heavy atom. The first-order valence-corrected chi connectivity index (χ1v) is 9.10. The van der Waals surface area contributed by atoms with Gasteiger partial charge in [0, 0.05) is 31.2 Å². The van der Waals surface area contributed by atoms with Crippen LogP contribution < -0.4 is 15.3 Å². The quantitative estimate of drug-likeness (QED) is 0.395. The Hall–Kier alpha value is 0.0799. The first kappa shape index (κ1) is 19.4. The fourth-order valence-corrected chi connectivity index (χ4v) is 3.98. The van der Waals surface area contributed by atoms with Gasteiger partial charge in [-0.1, -0.05) is 0 Å². The van der Waals surface area contributed by atoms with Crippen molar-refractivity contribution in [3.8, 4) is 0 Å². The molecule has 2 saturated heterocycles. The van der Waals surface area contributed by atoms with Crippen LogP contribution in [0.25, 0.3) is 0 Å². The molecule has 0 bridgehead atoms. The lowest BCUT2D eigenvalue weighted by atomic mass is 9.95. The summed E-state index contributed by atoms with van der Waals surface area (Å²) in [5, 5.41) is 5.51. The minimum atomic E-state index is -4.28. The van der Waals surface area contributed by atoms with Crippen LogP contribution in [0.5, 0.6) is 0 Å². The highest BCUT2D eigenvalue weighted by Crippen LogP contribution is 2.36. The molecule has 0 aromatic rings. The first-order chi connectivity index (χ1) is 10.8. The van der Waals surface area contributed by atoms with Crippen LogP contribution in [0.4, 0.5) is 0 Å². The molecule has 11 heteroatoms. The van der Waals surface area contributed by atoms with Crippen molar-refractivity contribution >= 4 is 23.4 Å². The molecule has 2 heterocycles. The Labute approximate surface area is 139 Å². The van der Waals surface area contributed by atoms with Crippen LogP contribution in [0.1, 0.15) is 12.8 Å². The van der Waals surface area contributed by atoms with Gasteiger partial charge in [0.05, 0.1) is 25.4 Å². The Morgan fingerprint density at radius 2 is 1.74 bits per heavy atom. The maximum absolute atomic E-state index is 12.1. The topological polar surface area (TPSA) is 101 Å². The van der Waals surface area contributed by atoms with E-state index in [9.17, 15) is 9.46 Å². The highest BCUT2D eigenvalue weighted by atomic mass is 31.2. The van der Waals surface area contributed by atoms with E-state index in [4.69, 9.17) is 34.4 Å². The summed E-state index contributed by atoms with van der Waals surface area (Å²) in [5.74, 6) is 0. The van der Waals surface area contributed by atoms with E-state index in [1.54, 1.807) is 7.05 Å². The van der Waals surface area contributed by atoms with Gasteiger partial charge in [0.25, 0.3) is 0 Å². The van der Waals surface area contributed by atoms with Crippen molar-refractivity contribution in [3.05, 3.63) is 0 Å². The van der Waals surface area contributed by atoms with Gasteiger partial charge in [0.1, 0.15) is 15.7 Å². The molecule has 0 amide bonds. The molecule has 7 atom stereocenters. The number of likely N-dealkylation sites (N-methyl/N-ethyl adjacent to an activating group) is 1. The molecule has 2 aliphatic rings. The van der Waals surface area contributed by atoms with E-state index in [1.165, 1.54) is 7.11 Å². The predicted octanol–water partition coefficient (Wildman–Crippen LogP) is -1.77. The second kappa shape index (κ2) is 8.45. The third kappa shape index (κ3) is 5.54. The Morgan fingerprint density at radius 1 is 1.17 bits per heavy atom. The highest BCUT2D eigenvalue weighted by Gasteiger charge is 2.36. The van der Waals surface area contributed by atoms with Crippen molar-refractivity contribution in [3.63, 3.8) is 0 Å². The Balaban J connectivity index is 1.85. The fourth-order valence-electron chi connectivity index (χ4n) is 2.88. The van der Waals surface area contributed by atoms with Gasteiger partial charge in [0.2, 0.25) is 7.75 Å². The SMILES string of the molecule is [B][C@H]1C[C@H](NC)[C@@H](COP(=O)([O-])N[C@H]2C[C@H]([B])O[C@@H]2COC)O1. The second-order valence-electron chi connectivity index (χ2n) is 5.78. The second-order valence-corrected chi connectivity index (χ2v) is 7.29. The summed E-state index contributed by atoms with van der Waals surface area (Å²) in [6.45, 7) is 0.134. The summed E-state index contributed by atoms with van der Waals surface area (Å²) in [7, 11) is 10.4. The van der Waals surface area contributed by atoms with Crippen molar-refractivity contribution < 1.29 is 28.2 Å². The molecule has 23 heavy (non-hydrogen) atoms. The van der Waals surface area contributed by atoms with E-state index < -0.39 is 38.0 Å². The van der Waals surface area contributed by atoms with Crippen molar-refractivity contribution in [2.75, 3.05) is 27.4 Å². The number of ether oxygens (including phenoxy) is 3. The maximum Gasteiger partial charge on any atom is 0.204 e. The summed E-state index contributed by atoms with van der Waals surface area (Å²) in [6.07, 6.45) is 0.0913. The number of hydrogen-bond donors (Lipinski definition) is 2. The standard InChI is InChI=1S/C12H23B2N2O6P/c1-15-7-3-11(13)22-10(7)6-20-23(17,18)16-8-4-12(14)21-9(8)5-19-2/h7-12,15H,3-6H2,1-2H3,(H2,16,17,18)/p-1/t7-,8-,9+,10+,11+,12+/m0/s1. The molecule has 8 nitrogen and oxygen atoms in total. The monoisotopic (exact) mass is 343 g/mol. The average Bonchev–Trinajstić information content (AvgIpc) is 2.99. The molecule has 1 unspecified atom stereocenters. The van der Waals surface area contributed by atoms with Crippen LogP contribution in [0, 0.1) is 0 Å². The van der Waals surface area contributed by atoms with E-state index in [-0.39, 0.29) is 19.3 Å². The Kier molecular flexibility index (Phi) is 7.13. The lowest BCUT2D eigenvalue weighted by molar-refractivity contribution is -0.205. The zero-order chi connectivity index (χ0) is 17.0. The number of methoxy groups -OCH3 is 1. The maximum atomic E-state index is 12.1. The third-order valence-electron chi connectivity index (χ3n) is 4.00. The molecular weight excluding hydrogens is 321 g/mol. The van der Waals surface area contributed by atoms with Crippen LogP contribution in [0.2, 0.25) is 0 Å². The molecule has 4 radical (unpaired) electrons. The molecule has 0 aromatic carbocycles. The molecule has 0 spiro atoms. The number of nitrogens with one attached hydrogen (secondary N) is 2. The smallest absolute Gasteiger partial charge is 0.204 e. The van der Waals surface area contributed by atoms with Gasteiger partial charge >= 0.3 is 0 Å². The van der Waals surface area contributed by atoms with Gasteiger partial charge in [-0.05, 0) is 19.9 Å². The van der Waals surface area contributed by atoms with Crippen molar-refractivity contribution in [2.24, 2.45) is 0 Å². The zero-order valence-electron chi connectivity index (χ0n) is 13.3. The first-order valence-electron chi connectivity index (χ1n) is 7.56. The van der Waals surface area contributed by atoms with E-state index in [0.717, 1.165) is 0 Å². The van der Waals surface area contributed by atoms with Gasteiger partial charge in [-0.2, -0.15) is 0 Å². The Bertz CT molecular complexity index is 434. The minimum Gasteiger partial charge on any atom is -0.766 e. The number of rotatable bonds is 8. The summed E-state index contributed by atoms with van der Waals surface area (Å²) in [5.41, 5.74) is 0. The lowest BCUT2D eigenvalue weighted by Gasteiger charge is -2.31. The summed E-state index contributed by atoms with van der Waals surface area (Å²) in [6, 6.07) is -1.49. The molecule has 2 rings (SSSR count). The molecule has 0 aromatic heterocycles. The molecular formula is C12H22B2N2O6P-. The van der Waals surface area contributed by atoms with Crippen molar-refractivity contribution in [2.45, 2.75) is 49.1 Å². The number of hydrogen-bond acceptors (Lipinski definition) is 7. The van der Waals surface area contributed by atoms with Crippen LogP contribution in [0.3, 0.4) is 0 Å². The minimum absolute atomic E-state index is 0.0468. The predicted molar refractivity (Wildman–Crippen MR) is 83.3 cm³/mol. The van der Waals surface area contributed by atoms with E-state index in [1.807, 2.05) is 0 Å². The molecule has 0 aliphatic carbocycles. The lowest BCUT2D eigenvalue weighted by Crippen LogP contribution is -2.41. The van der Waals surface area contributed by atoms with Gasteiger partial charge < -0.3 is 28.9 Å². The zero-order valence-corrected chi connectivity index (χ0v) is 14.2. The van der Waals surface area contributed by atoms with E-state index in [0.29, 0.717) is 12.8 Å². The normalized spacial score (nSPS) is 40.3. The van der Waals surface area contributed by atoms with Gasteiger partial charge in [0.15, 0.2) is 0 Å². The summed E-state index contributed by atoms with van der Waals surface area (Å²) < 4.78 is 33.0. The van der Waals surface area contributed by atoms with Crippen molar-refractivity contribution in [1.82, 2.24) is 10.4 Å². The fraction of sp³-hybridized carbons (Fsp3) is 1.00. The third-order valence-corrected chi connectivity index (χ3v) is 5.14. The molecule has 2 fully saturated rings. The van der Waals surface area contributed by atoms with Gasteiger partial charge in [-0.15, -0.1) is 0 Å². The van der Waals surface area contributed by atoms with E-state index >= 15 is 0 Å². The van der Waals surface area contributed by atoms with Gasteiger partial charge in [-0.25, -0.2) is 0 Å². The average molecular weight is 343 g/mol. The molecule has 0 saturated carbocycles. The van der Waals surface area contributed by atoms with Gasteiger partial charge in [-0.3, -0.25) is 9.65 Å². The summed E-state index contributed by atoms with van der Waals surface area (Å²) >= 11 is 0. The van der Waals surface area contributed by atoms with Crippen LogP contribution >= 0.6 is 7.75 Å². The van der Waals surface area contributed by atoms with Crippen LogP contribution in [0.15, 0.2) is 0 Å². The van der Waals surface area contributed by atoms with Crippen LogP contribution in [-0.4, -0.2) is 79.4 Å². The summed E-state index contributed by atoms with van der Waals surface area (Å²) in [4.78, 5) is 12.1. The van der Waals surface area contributed by atoms with Crippen molar-refractivity contribution in [1.29, 1.82) is 0 Å². The van der Waals surface area contributed by atoms with Crippen LogP contribution in [-0.2, 0) is 23.3 Å². The highest BCUT2D eigenvalue weighted by molar-refractivity contribution is 7.49. The van der Waals surface area contributed by atoms with E-state index in [2.05, 4.69) is 10.4 Å². The molecule has 2 N–H and O–H groups in total. The molecule has 2 aliphatic heterocycles. The molecule has 128 valence electrons. The largest absolute Gasteiger partial charge is 0.766 e.